The number of hydrogen-bond donors (Lipinski definition) is 2. The first-order valence-corrected chi connectivity index (χ1v) is 8.34. The van der Waals surface area contributed by atoms with Crippen molar-refractivity contribution < 1.29 is 10.2 Å². The van der Waals surface area contributed by atoms with Gasteiger partial charge in [-0.05, 0) is 89.3 Å². The largest absolute Gasteiger partial charge is 0.396 e. The van der Waals surface area contributed by atoms with Gasteiger partial charge in [-0.1, -0.05) is 0 Å². The van der Waals surface area contributed by atoms with E-state index in [9.17, 15) is 10.2 Å². The van der Waals surface area contributed by atoms with E-state index in [0.717, 1.165) is 21.7 Å². The van der Waals surface area contributed by atoms with E-state index < -0.39 is 0 Å². The molecule has 0 unspecified atom stereocenters. The second-order valence-corrected chi connectivity index (χ2v) is 9.69. The maximum Gasteiger partial charge on any atom is 0.0465 e. The van der Waals surface area contributed by atoms with Gasteiger partial charge in [-0.25, -0.2) is 0 Å². The van der Waals surface area contributed by atoms with Crippen LogP contribution in [-0.2, 0) is 0 Å². The van der Waals surface area contributed by atoms with Crippen LogP contribution in [0.3, 0.4) is 0 Å². The van der Waals surface area contributed by atoms with Gasteiger partial charge in [0.15, 0.2) is 0 Å². The minimum atomic E-state index is 0.451. The summed E-state index contributed by atoms with van der Waals surface area (Å²) < 4.78 is 0. The molecule has 6 spiro atoms. The van der Waals surface area contributed by atoms with Crippen molar-refractivity contribution in [3.8, 4) is 0 Å². The summed E-state index contributed by atoms with van der Waals surface area (Å²) in [6.07, 6.45) is 10.2. The molecule has 0 radical (unpaired) electrons. The van der Waals surface area contributed by atoms with Crippen LogP contribution in [0, 0.1) is 44.3 Å². The summed E-state index contributed by atoms with van der Waals surface area (Å²) in [4.78, 5) is 0. The molecule has 7 saturated carbocycles. The summed E-state index contributed by atoms with van der Waals surface area (Å²) >= 11 is 0. The Kier molecular flexibility index (Phi) is 1.02. The fraction of sp³-hybridized carbons (Fsp3) is 1.00. The second-order valence-electron chi connectivity index (χ2n) is 9.69. The Hall–Kier alpha value is -0.0800. The van der Waals surface area contributed by atoms with Gasteiger partial charge in [0.05, 0.1) is 0 Å². The average molecular weight is 258 g/mol. The lowest BCUT2D eigenvalue weighted by atomic mass is 10.1. The van der Waals surface area contributed by atoms with Crippen LogP contribution in [0.2, 0.25) is 0 Å². The van der Waals surface area contributed by atoms with Crippen LogP contribution in [0.4, 0.5) is 0 Å². The molecule has 8 atom stereocenters. The minimum Gasteiger partial charge on any atom is -0.396 e. The first-order chi connectivity index (χ1) is 9.12. The number of aliphatic hydroxyl groups excluding tert-OH is 2. The third-order valence-corrected chi connectivity index (χ3v) is 9.98. The summed E-state index contributed by atoms with van der Waals surface area (Å²) in [7, 11) is 0. The smallest absolute Gasteiger partial charge is 0.0465 e. The molecule has 0 aromatic carbocycles. The fourth-order valence-corrected chi connectivity index (χ4v) is 8.73. The van der Waals surface area contributed by atoms with Crippen molar-refractivity contribution in [1.29, 1.82) is 0 Å². The van der Waals surface area contributed by atoms with Crippen molar-refractivity contribution in [3.63, 3.8) is 0 Å². The van der Waals surface area contributed by atoms with Gasteiger partial charge in [0.25, 0.3) is 0 Å². The highest BCUT2D eigenvalue weighted by Gasteiger charge is 3.11. The normalized spacial score (nSPS) is 82.4. The molecule has 0 saturated heterocycles. The number of rotatable bonds is 2. The van der Waals surface area contributed by atoms with Gasteiger partial charge in [0.1, 0.15) is 0 Å². The molecule has 2 nitrogen and oxygen atoms in total. The van der Waals surface area contributed by atoms with E-state index in [1.165, 1.54) is 38.5 Å². The molecule has 0 bridgehead atoms. The van der Waals surface area contributed by atoms with Crippen LogP contribution in [0.5, 0.6) is 0 Å². The summed E-state index contributed by atoms with van der Waals surface area (Å²) in [5.41, 5.74) is 4.33. The predicted molar refractivity (Wildman–Crippen MR) is 68.1 cm³/mol. The first-order valence-electron chi connectivity index (χ1n) is 8.34. The lowest BCUT2D eigenvalue weighted by Gasteiger charge is -1.97. The van der Waals surface area contributed by atoms with E-state index >= 15 is 0 Å². The lowest BCUT2D eigenvalue weighted by molar-refractivity contribution is 0.261. The van der Waals surface area contributed by atoms with E-state index in [2.05, 4.69) is 0 Å². The van der Waals surface area contributed by atoms with Gasteiger partial charge in [0.2, 0.25) is 0 Å². The van der Waals surface area contributed by atoms with Crippen molar-refractivity contribution in [2.75, 3.05) is 13.2 Å². The number of aliphatic hydroxyl groups is 2. The molecular formula is C17H22O2. The highest BCUT2D eigenvalue weighted by Crippen LogP contribution is 3.17. The van der Waals surface area contributed by atoms with E-state index in [-0.39, 0.29) is 0 Å². The maximum absolute atomic E-state index is 9.42. The molecule has 0 amide bonds. The van der Waals surface area contributed by atoms with Crippen LogP contribution in [-0.4, -0.2) is 23.4 Å². The molecule has 2 heteroatoms. The van der Waals surface area contributed by atoms with Gasteiger partial charge >= 0.3 is 0 Å². The third-order valence-electron chi connectivity index (χ3n) is 9.98. The Bertz CT molecular complexity index is 538. The minimum absolute atomic E-state index is 0.451. The molecule has 0 aromatic heterocycles. The molecule has 7 fully saturated rings. The summed E-state index contributed by atoms with van der Waals surface area (Å²) in [6.45, 7) is 0.902. The predicted octanol–water partition coefficient (Wildman–Crippen LogP) is 1.95. The molecule has 2 N–H and O–H groups in total. The van der Waals surface area contributed by atoms with Crippen LogP contribution in [0.15, 0.2) is 0 Å². The third kappa shape index (κ3) is 0.601. The first kappa shape index (κ1) is 9.78. The monoisotopic (exact) mass is 258 g/mol. The van der Waals surface area contributed by atoms with E-state index in [1.807, 2.05) is 0 Å². The standard InChI is InChI=1S/C17H22O2/c18-3-10-1-12(10)5-14(12)7-16(14)9-17(16)8-15(17)6-13(15)2-11(13)4-19/h10-11,18-19H,1-9H2/t10-,11-,12-,13-,14-,15-,16-,17-/m0/s1. The Labute approximate surface area is 113 Å². The Morgan fingerprint density at radius 2 is 1.05 bits per heavy atom. The molecule has 7 aliphatic carbocycles. The van der Waals surface area contributed by atoms with Crippen LogP contribution in [0.25, 0.3) is 0 Å². The summed E-state index contributed by atoms with van der Waals surface area (Å²) in [5, 5.41) is 18.8. The topological polar surface area (TPSA) is 40.5 Å². The zero-order valence-electron chi connectivity index (χ0n) is 11.4. The molecular weight excluding hydrogens is 236 g/mol. The van der Waals surface area contributed by atoms with Crippen LogP contribution >= 0.6 is 0 Å². The Morgan fingerprint density at radius 1 is 0.632 bits per heavy atom. The van der Waals surface area contributed by atoms with Gasteiger partial charge < -0.3 is 10.2 Å². The number of hydrogen-bond acceptors (Lipinski definition) is 2. The molecule has 0 aromatic rings. The highest BCUT2D eigenvalue weighted by atomic mass is 16.3. The molecule has 19 heavy (non-hydrogen) atoms. The molecule has 0 heterocycles. The summed E-state index contributed by atoms with van der Waals surface area (Å²) in [6, 6.07) is 0. The van der Waals surface area contributed by atoms with E-state index in [0.29, 0.717) is 35.9 Å². The highest BCUT2D eigenvalue weighted by molar-refractivity contribution is 5.59. The Balaban J connectivity index is 1.20. The van der Waals surface area contributed by atoms with Gasteiger partial charge in [0, 0.05) is 13.2 Å². The van der Waals surface area contributed by atoms with Gasteiger partial charge in [-0.15, -0.1) is 0 Å². The van der Waals surface area contributed by atoms with E-state index in [1.54, 1.807) is 6.42 Å². The fourth-order valence-electron chi connectivity index (χ4n) is 8.73. The van der Waals surface area contributed by atoms with Crippen molar-refractivity contribution in [2.24, 2.45) is 44.3 Å². The zero-order valence-corrected chi connectivity index (χ0v) is 11.4. The Morgan fingerprint density at radius 3 is 1.42 bits per heavy atom. The maximum atomic E-state index is 9.42. The zero-order chi connectivity index (χ0) is 12.5. The molecule has 7 rings (SSSR count). The van der Waals surface area contributed by atoms with Crippen molar-refractivity contribution >= 4 is 0 Å². The molecule has 0 aliphatic heterocycles. The van der Waals surface area contributed by atoms with Crippen molar-refractivity contribution in [1.82, 2.24) is 0 Å². The van der Waals surface area contributed by atoms with Crippen molar-refractivity contribution in [3.05, 3.63) is 0 Å². The van der Waals surface area contributed by atoms with Crippen LogP contribution < -0.4 is 0 Å². The average Bonchev–Trinajstić information content (AvgIpc) is 3.20. The van der Waals surface area contributed by atoms with Gasteiger partial charge in [-0.2, -0.15) is 0 Å². The molecule has 102 valence electrons. The quantitative estimate of drug-likeness (QED) is 0.795. The van der Waals surface area contributed by atoms with Gasteiger partial charge in [-0.3, -0.25) is 0 Å². The second kappa shape index (κ2) is 1.98. The summed E-state index contributed by atoms with van der Waals surface area (Å²) in [5.74, 6) is 1.36. The number of fused-ring (bicyclic) bond motifs is 5. The van der Waals surface area contributed by atoms with Crippen molar-refractivity contribution in [2.45, 2.75) is 44.9 Å². The lowest BCUT2D eigenvalue weighted by Crippen LogP contribution is -1.97. The van der Waals surface area contributed by atoms with Crippen LogP contribution in [0.1, 0.15) is 44.9 Å². The SMILES string of the molecule is OC[C@@H]1C[C@]12C[C@]21C[C@]12C[C@]21C[C@]12C[C@]21C[C@H]1CO. The van der Waals surface area contributed by atoms with E-state index in [4.69, 9.17) is 0 Å². The molecule has 7 aliphatic rings.